The third kappa shape index (κ3) is 2.35. The van der Waals surface area contributed by atoms with Crippen molar-refractivity contribution < 1.29 is 9.90 Å². The lowest BCUT2D eigenvalue weighted by Crippen LogP contribution is -1.99. The first-order valence-corrected chi connectivity index (χ1v) is 6.33. The van der Waals surface area contributed by atoms with Crippen molar-refractivity contribution in [3.8, 4) is 0 Å². The molecule has 0 aromatic carbocycles. The van der Waals surface area contributed by atoms with Gasteiger partial charge in [-0.3, -0.25) is 4.68 Å². The molecule has 0 bridgehead atoms. The minimum absolute atomic E-state index is 0.101. The Bertz CT molecular complexity index is 588. The van der Waals surface area contributed by atoms with Crippen LogP contribution in [0.5, 0.6) is 0 Å². The average Bonchev–Trinajstić information content (AvgIpc) is 2.82. The molecule has 96 valence electrons. The number of aromatic carboxylic acids is 1. The van der Waals surface area contributed by atoms with Crippen LogP contribution >= 0.6 is 11.3 Å². The number of hydrogen-bond acceptors (Lipinski definition) is 5. The van der Waals surface area contributed by atoms with Crippen molar-refractivity contribution >= 4 is 28.1 Å². The van der Waals surface area contributed by atoms with Crippen LogP contribution in [0.2, 0.25) is 0 Å². The summed E-state index contributed by atoms with van der Waals surface area (Å²) in [6, 6.07) is 0. The number of nitrogens with one attached hydrogen (secondary N) is 1. The van der Waals surface area contributed by atoms with Crippen molar-refractivity contribution in [3.63, 3.8) is 0 Å². The predicted molar refractivity (Wildman–Crippen MR) is 69.7 cm³/mol. The molecule has 0 aliphatic rings. The maximum absolute atomic E-state index is 10.9. The highest BCUT2D eigenvalue weighted by atomic mass is 32.1. The van der Waals surface area contributed by atoms with Gasteiger partial charge in [0.1, 0.15) is 0 Å². The summed E-state index contributed by atoms with van der Waals surface area (Å²) in [5.74, 6) is -1.00. The van der Waals surface area contributed by atoms with E-state index in [4.69, 9.17) is 5.11 Å². The number of aromatic nitrogens is 3. The molecule has 0 spiro atoms. The van der Waals surface area contributed by atoms with Gasteiger partial charge in [0, 0.05) is 18.1 Å². The van der Waals surface area contributed by atoms with Gasteiger partial charge < -0.3 is 10.4 Å². The maximum atomic E-state index is 10.9. The normalized spacial score (nSPS) is 10.6. The first-order chi connectivity index (χ1) is 8.51. The van der Waals surface area contributed by atoms with Gasteiger partial charge in [-0.15, -0.1) is 11.3 Å². The molecule has 0 aliphatic heterocycles. The van der Waals surface area contributed by atoms with Crippen molar-refractivity contribution in [3.05, 3.63) is 22.5 Å². The number of carboxylic acid groups (broad SMARTS) is 1. The topological polar surface area (TPSA) is 80.0 Å². The lowest BCUT2D eigenvalue weighted by Gasteiger charge is -1.99. The molecule has 2 N–H and O–H groups in total. The van der Waals surface area contributed by atoms with Crippen molar-refractivity contribution in [2.75, 3.05) is 5.32 Å². The second-order valence-electron chi connectivity index (χ2n) is 3.87. The van der Waals surface area contributed by atoms with Gasteiger partial charge in [0.2, 0.25) is 0 Å². The second kappa shape index (κ2) is 4.77. The second-order valence-corrected chi connectivity index (χ2v) is 5.07. The van der Waals surface area contributed by atoms with Crippen molar-refractivity contribution in [1.82, 2.24) is 14.8 Å². The van der Waals surface area contributed by atoms with E-state index in [1.807, 2.05) is 20.2 Å². The zero-order valence-corrected chi connectivity index (χ0v) is 11.2. The summed E-state index contributed by atoms with van der Waals surface area (Å²) in [6.45, 7) is 3.76. The fourth-order valence-electron chi connectivity index (χ4n) is 1.66. The van der Waals surface area contributed by atoms with E-state index >= 15 is 0 Å². The van der Waals surface area contributed by atoms with E-state index in [1.165, 1.54) is 11.3 Å². The monoisotopic (exact) mass is 266 g/mol. The molecular formula is C11H14N4O2S. The quantitative estimate of drug-likeness (QED) is 0.886. The minimum Gasteiger partial charge on any atom is -0.476 e. The van der Waals surface area contributed by atoms with Crippen molar-refractivity contribution in [2.45, 2.75) is 20.3 Å². The standard InChI is InChI=1S/C11H14N4O2S/c1-4-7-8(5-15(3)14-7)12-11-13-9(10(16)17)6(2)18-11/h5H,4H2,1-3H3,(H,12,13)(H,16,17). The maximum Gasteiger partial charge on any atom is 0.355 e. The van der Waals surface area contributed by atoms with Gasteiger partial charge in [-0.1, -0.05) is 6.92 Å². The van der Waals surface area contributed by atoms with Gasteiger partial charge in [0.15, 0.2) is 10.8 Å². The van der Waals surface area contributed by atoms with Crippen LogP contribution in [0.3, 0.4) is 0 Å². The van der Waals surface area contributed by atoms with Gasteiger partial charge >= 0.3 is 5.97 Å². The van der Waals surface area contributed by atoms with Crippen LogP contribution in [0.4, 0.5) is 10.8 Å². The molecule has 0 unspecified atom stereocenters. The van der Waals surface area contributed by atoms with E-state index in [1.54, 1.807) is 11.6 Å². The summed E-state index contributed by atoms with van der Waals surface area (Å²) in [6.07, 6.45) is 2.66. The molecule has 7 heteroatoms. The van der Waals surface area contributed by atoms with Crippen LogP contribution in [-0.2, 0) is 13.5 Å². The molecule has 0 amide bonds. The highest BCUT2D eigenvalue weighted by molar-refractivity contribution is 7.15. The molecule has 2 rings (SSSR count). The van der Waals surface area contributed by atoms with E-state index in [9.17, 15) is 4.79 Å². The van der Waals surface area contributed by atoms with Crippen LogP contribution in [0, 0.1) is 6.92 Å². The van der Waals surface area contributed by atoms with Crippen LogP contribution < -0.4 is 5.32 Å². The molecule has 0 saturated heterocycles. The van der Waals surface area contributed by atoms with Gasteiger partial charge in [0.05, 0.1) is 11.4 Å². The SMILES string of the molecule is CCc1nn(C)cc1Nc1nc(C(=O)O)c(C)s1. The lowest BCUT2D eigenvalue weighted by molar-refractivity contribution is 0.0690. The van der Waals surface area contributed by atoms with E-state index < -0.39 is 5.97 Å². The number of nitrogens with zero attached hydrogens (tertiary/aromatic N) is 3. The van der Waals surface area contributed by atoms with Crippen LogP contribution in [0.15, 0.2) is 6.20 Å². The highest BCUT2D eigenvalue weighted by Gasteiger charge is 2.15. The Morgan fingerprint density at radius 3 is 2.89 bits per heavy atom. The van der Waals surface area contributed by atoms with E-state index in [0.29, 0.717) is 10.0 Å². The average molecular weight is 266 g/mol. The highest BCUT2D eigenvalue weighted by Crippen LogP contribution is 2.26. The molecule has 0 radical (unpaired) electrons. The summed E-state index contributed by atoms with van der Waals surface area (Å²) >= 11 is 1.33. The molecule has 0 atom stereocenters. The molecule has 0 fully saturated rings. The van der Waals surface area contributed by atoms with Crippen LogP contribution in [0.1, 0.15) is 28.0 Å². The number of hydrogen-bond donors (Lipinski definition) is 2. The lowest BCUT2D eigenvalue weighted by atomic mass is 10.3. The molecule has 0 aliphatic carbocycles. The first kappa shape index (κ1) is 12.6. The predicted octanol–water partition coefficient (Wildman–Crippen LogP) is 2.19. The van der Waals surface area contributed by atoms with E-state index in [-0.39, 0.29) is 5.69 Å². The molecule has 2 aromatic rings. The third-order valence-corrected chi connectivity index (χ3v) is 3.37. The van der Waals surface area contributed by atoms with E-state index in [0.717, 1.165) is 17.8 Å². The van der Waals surface area contributed by atoms with Gasteiger partial charge in [-0.2, -0.15) is 5.10 Å². The number of thiazole rings is 1. The summed E-state index contributed by atoms with van der Waals surface area (Å²) in [5.41, 5.74) is 1.90. The molecular weight excluding hydrogens is 252 g/mol. The Hall–Kier alpha value is -1.89. The Morgan fingerprint density at radius 2 is 2.33 bits per heavy atom. The zero-order valence-electron chi connectivity index (χ0n) is 10.4. The molecule has 6 nitrogen and oxygen atoms in total. The fourth-order valence-corrected chi connectivity index (χ4v) is 2.48. The minimum atomic E-state index is -1.00. The number of aryl methyl sites for hydroxylation is 3. The first-order valence-electron chi connectivity index (χ1n) is 5.51. The zero-order chi connectivity index (χ0) is 13.3. The van der Waals surface area contributed by atoms with Gasteiger partial charge in [-0.05, 0) is 13.3 Å². The van der Waals surface area contributed by atoms with Gasteiger partial charge in [-0.25, -0.2) is 9.78 Å². The van der Waals surface area contributed by atoms with Crippen molar-refractivity contribution in [1.29, 1.82) is 0 Å². The van der Waals surface area contributed by atoms with E-state index in [2.05, 4.69) is 15.4 Å². The summed E-state index contributed by atoms with van der Waals surface area (Å²) < 4.78 is 1.72. The van der Waals surface area contributed by atoms with Crippen molar-refractivity contribution in [2.24, 2.45) is 7.05 Å². The summed E-state index contributed by atoms with van der Waals surface area (Å²) in [7, 11) is 1.85. The summed E-state index contributed by atoms with van der Waals surface area (Å²) in [5, 5.41) is 17.0. The Balaban J connectivity index is 2.28. The van der Waals surface area contributed by atoms with Crippen LogP contribution in [-0.4, -0.2) is 25.8 Å². The number of rotatable bonds is 4. The third-order valence-electron chi connectivity index (χ3n) is 2.48. The number of carbonyl (C=O) groups is 1. The smallest absolute Gasteiger partial charge is 0.355 e. The number of carboxylic acids is 1. The molecule has 2 heterocycles. The Morgan fingerprint density at radius 1 is 1.61 bits per heavy atom. The number of anilines is 2. The molecule has 2 aromatic heterocycles. The summed E-state index contributed by atoms with van der Waals surface area (Å²) in [4.78, 5) is 15.7. The van der Waals surface area contributed by atoms with Gasteiger partial charge in [0.25, 0.3) is 0 Å². The Labute approximate surface area is 108 Å². The fraction of sp³-hybridized carbons (Fsp3) is 0.364. The largest absolute Gasteiger partial charge is 0.476 e. The Kier molecular flexibility index (Phi) is 3.33. The molecule has 18 heavy (non-hydrogen) atoms. The molecule has 0 saturated carbocycles. The van der Waals surface area contributed by atoms with Crippen LogP contribution in [0.25, 0.3) is 0 Å².